The molecule has 112 valence electrons. The Morgan fingerprint density at radius 1 is 1.24 bits per heavy atom. The Hall–Kier alpha value is -1.23. The van der Waals surface area contributed by atoms with Gasteiger partial charge in [-0.3, -0.25) is 9.88 Å². The smallest absolute Gasteiger partial charge is 0.0478 e. The average molecular weight is 348 g/mol. The molecule has 1 aromatic heterocycles. The molecule has 1 heterocycles. The maximum absolute atomic E-state index is 6.01. The molecule has 0 saturated heterocycles. The van der Waals surface area contributed by atoms with Gasteiger partial charge in [0, 0.05) is 36.0 Å². The van der Waals surface area contributed by atoms with Crippen LogP contribution in [0.1, 0.15) is 22.7 Å². The van der Waals surface area contributed by atoms with Gasteiger partial charge in [-0.25, -0.2) is 0 Å². The standard InChI is InChI=1S/C17H22BrN3/c1-13-3-4-15(16(18)11-13)17(12-19)21(2)10-7-14-5-8-20-9-6-14/h3-6,8-9,11,17H,7,10,12,19H2,1-2H3. The summed E-state index contributed by atoms with van der Waals surface area (Å²) in [5, 5.41) is 0. The molecule has 1 atom stereocenters. The van der Waals surface area contributed by atoms with E-state index in [0.29, 0.717) is 6.54 Å². The maximum atomic E-state index is 6.01. The van der Waals surface area contributed by atoms with Crippen molar-refractivity contribution < 1.29 is 0 Å². The van der Waals surface area contributed by atoms with Gasteiger partial charge >= 0.3 is 0 Å². The number of aromatic nitrogens is 1. The second-order valence-electron chi connectivity index (χ2n) is 5.36. The van der Waals surface area contributed by atoms with Crippen molar-refractivity contribution in [1.82, 2.24) is 9.88 Å². The summed E-state index contributed by atoms with van der Waals surface area (Å²) < 4.78 is 1.13. The van der Waals surface area contributed by atoms with Gasteiger partial charge in [-0.2, -0.15) is 0 Å². The van der Waals surface area contributed by atoms with Crippen molar-refractivity contribution in [2.24, 2.45) is 5.73 Å². The Kier molecular flexibility index (Phi) is 5.91. The van der Waals surface area contributed by atoms with Gasteiger partial charge in [0.15, 0.2) is 0 Å². The first-order chi connectivity index (χ1) is 10.1. The van der Waals surface area contributed by atoms with Crippen LogP contribution in [0.5, 0.6) is 0 Å². The summed E-state index contributed by atoms with van der Waals surface area (Å²) in [6.45, 7) is 3.67. The molecular weight excluding hydrogens is 326 g/mol. The zero-order valence-corrected chi connectivity index (χ0v) is 14.2. The fourth-order valence-corrected chi connectivity index (χ4v) is 3.21. The second kappa shape index (κ2) is 7.69. The molecule has 4 heteroatoms. The SMILES string of the molecule is Cc1ccc(C(CN)N(C)CCc2ccncc2)c(Br)c1. The van der Waals surface area contributed by atoms with E-state index in [2.05, 4.69) is 70.1 Å². The fraction of sp³-hybridized carbons (Fsp3) is 0.353. The number of halogens is 1. The summed E-state index contributed by atoms with van der Waals surface area (Å²) in [6, 6.07) is 10.8. The summed E-state index contributed by atoms with van der Waals surface area (Å²) in [5.41, 5.74) is 9.81. The predicted molar refractivity (Wildman–Crippen MR) is 91.2 cm³/mol. The lowest BCUT2D eigenvalue weighted by molar-refractivity contribution is 0.252. The maximum Gasteiger partial charge on any atom is 0.0478 e. The Bertz CT molecular complexity index is 572. The van der Waals surface area contributed by atoms with Crippen LogP contribution in [0.15, 0.2) is 47.2 Å². The number of aryl methyl sites for hydroxylation is 1. The Balaban J connectivity index is 2.06. The van der Waals surface area contributed by atoms with E-state index in [9.17, 15) is 0 Å². The lowest BCUT2D eigenvalue weighted by Crippen LogP contribution is -2.32. The van der Waals surface area contributed by atoms with Crippen LogP contribution >= 0.6 is 15.9 Å². The van der Waals surface area contributed by atoms with Crippen LogP contribution in [0.3, 0.4) is 0 Å². The largest absolute Gasteiger partial charge is 0.329 e. The van der Waals surface area contributed by atoms with E-state index in [0.717, 1.165) is 17.4 Å². The molecule has 2 N–H and O–H groups in total. The zero-order valence-electron chi connectivity index (χ0n) is 12.6. The monoisotopic (exact) mass is 347 g/mol. The third-order valence-corrected chi connectivity index (χ3v) is 4.46. The molecule has 2 rings (SSSR count). The molecule has 3 nitrogen and oxygen atoms in total. The van der Waals surface area contributed by atoms with Crippen molar-refractivity contribution >= 4 is 15.9 Å². The minimum Gasteiger partial charge on any atom is -0.329 e. The van der Waals surface area contributed by atoms with E-state index in [-0.39, 0.29) is 6.04 Å². The Morgan fingerprint density at radius 3 is 2.57 bits per heavy atom. The minimum atomic E-state index is 0.224. The van der Waals surface area contributed by atoms with Crippen LogP contribution in [0.25, 0.3) is 0 Å². The highest BCUT2D eigenvalue weighted by atomic mass is 79.9. The number of nitrogens with two attached hydrogens (primary N) is 1. The fourth-order valence-electron chi connectivity index (χ4n) is 2.46. The number of rotatable bonds is 6. The first-order valence-electron chi connectivity index (χ1n) is 7.17. The lowest BCUT2D eigenvalue weighted by Gasteiger charge is -2.28. The highest BCUT2D eigenvalue weighted by molar-refractivity contribution is 9.10. The topological polar surface area (TPSA) is 42.1 Å². The van der Waals surface area contributed by atoms with Gasteiger partial charge in [0.25, 0.3) is 0 Å². The molecule has 0 bridgehead atoms. The van der Waals surface area contributed by atoms with E-state index in [1.165, 1.54) is 16.7 Å². The quantitative estimate of drug-likeness (QED) is 0.871. The van der Waals surface area contributed by atoms with Crippen molar-refractivity contribution in [1.29, 1.82) is 0 Å². The van der Waals surface area contributed by atoms with E-state index in [4.69, 9.17) is 5.73 Å². The van der Waals surface area contributed by atoms with Gasteiger partial charge in [-0.15, -0.1) is 0 Å². The predicted octanol–water partition coefficient (Wildman–Crippen LogP) is 3.33. The zero-order chi connectivity index (χ0) is 15.2. The van der Waals surface area contributed by atoms with Crippen LogP contribution in [0.2, 0.25) is 0 Å². The van der Waals surface area contributed by atoms with Gasteiger partial charge in [-0.1, -0.05) is 28.1 Å². The van der Waals surface area contributed by atoms with Gasteiger partial charge in [-0.05, 0) is 55.3 Å². The molecule has 0 aliphatic carbocycles. The van der Waals surface area contributed by atoms with E-state index in [1.807, 2.05) is 12.4 Å². The Labute approximate surface area is 135 Å². The molecule has 1 aromatic carbocycles. The molecule has 0 aliphatic rings. The first-order valence-corrected chi connectivity index (χ1v) is 7.96. The lowest BCUT2D eigenvalue weighted by atomic mass is 10.0. The summed E-state index contributed by atoms with van der Waals surface area (Å²) in [6.07, 6.45) is 4.68. The number of pyridine rings is 1. The van der Waals surface area contributed by atoms with Gasteiger partial charge in [0.2, 0.25) is 0 Å². The molecule has 0 radical (unpaired) electrons. The number of hydrogen-bond donors (Lipinski definition) is 1. The van der Waals surface area contributed by atoms with Gasteiger partial charge in [0.1, 0.15) is 0 Å². The summed E-state index contributed by atoms with van der Waals surface area (Å²) in [5.74, 6) is 0. The second-order valence-corrected chi connectivity index (χ2v) is 6.22. The number of nitrogens with zero attached hydrogens (tertiary/aromatic N) is 2. The van der Waals surface area contributed by atoms with Crippen molar-refractivity contribution in [3.8, 4) is 0 Å². The van der Waals surface area contributed by atoms with Gasteiger partial charge < -0.3 is 5.73 Å². The molecule has 2 aromatic rings. The summed E-state index contributed by atoms with van der Waals surface area (Å²) in [7, 11) is 2.13. The first kappa shape index (κ1) is 16.1. The van der Waals surface area contributed by atoms with Crippen LogP contribution in [-0.4, -0.2) is 30.0 Å². The Morgan fingerprint density at radius 2 is 1.95 bits per heavy atom. The molecular formula is C17H22BrN3. The summed E-state index contributed by atoms with van der Waals surface area (Å²) >= 11 is 3.66. The van der Waals surface area contributed by atoms with Crippen molar-refractivity contribution in [2.75, 3.05) is 20.1 Å². The normalized spacial score (nSPS) is 12.6. The number of benzene rings is 1. The van der Waals surface area contributed by atoms with Crippen LogP contribution in [0.4, 0.5) is 0 Å². The van der Waals surface area contributed by atoms with Crippen molar-refractivity contribution in [3.63, 3.8) is 0 Å². The molecule has 0 saturated carbocycles. The molecule has 0 fully saturated rings. The van der Waals surface area contributed by atoms with Crippen LogP contribution < -0.4 is 5.73 Å². The summed E-state index contributed by atoms with van der Waals surface area (Å²) in [4.78, 5) is 6.37. The number of hydrogen-bond acceptors (Lipinski definition) is 3. The third kappa shape index (κ3) is 4.37. The van der Waals surface area contributed by atoms with E-state index < -0.39 is 0 Å². The highest BCUT2D eigenvalue weighted by Gasteiger charge is 2.17. The number of likely N-dealkylation sites (N-methyl/N-ethyl adjacent to an activating group) is 1. The minimum absolute atomic E-state index is 0.224. The van der Waals surface area contributed by atoms with Gasteiger partial charge in [0.05, 0.1) is 0 Å². The highest BCUT2D eigenvalue weighted by Crippen LogP contribution is 2.27. The van der Waals surface area contributed by atoms with Crippen LogP contribution in [-0.2, 0) is 6.42 Å². The molecule has 0 aliphatic heterocycles. The van der Waals surface area contributed by atoms with E-state index in [1.54, 1.807) is 0 Å². The average Bonchev–Trinajstić information content (AvgIpc) is 2.49. The molecule has 0 amide bonds. The van der Waals surface area contributed by atoms with Crippen molar-refractivity contribution in [2.45, 2.75) is 19.4 Å². The molecule has 0 spiro atoms. The molecule has 1 unspecified atom stereocenters. The molecule has 21 heavy (non-hydrogen) atoms. The van der Waals surface area contributed by atoms with Crippen molar-refractivity contribution in [3.05, 3.63) is 63.9 Å². The van der Waals surface area contributed by atoms with E-state index >= 15 is 0 Å². The third-order valence-electron chi connectivity index (χ3n) is 3.77. The van der Waals surface area contributed by atoms with Crippen LogP contribution in [0, 0.1) is 6.92 Å².